The fraction of sp³-hybridized carbons (Fsp3) is 0.438. The number of amides is 2. The molecule has 6 nitrogen and oxygen atoms in total. The second-order valence-corrected chi connectivity index (χ2v) is 8.09. The number of fused-ring (bicyclic) bond motifs is 2. The zero-order chi connectivity index (χ0) is 17.2. The maximum Gasteiger partial charge on any atom is 0.328 e. The molecule has 2 bridgehead atoms. The van der Waals surface area contributed by atoms with Gasteiger partial charge in [0.1, 0.15) is 0 Å². The van der Waals surface area contributed by atoms with Gasteiger partial charge >= 0.3 is 6.03 Å². The molecule has 2 fully saturated rings. The lowest BCUT2D eigenvalue weighted by atomic mass is 9.89. The van der Waals surface area contributed by atoms with Crippen molar-refractivity contribution in [3.8, 4) is 0 Å². The van der Waals surface area contributed by atoms with E-state index in [1.54, 1.807) is 24.3 Å². The predicted molar refractivity (Wildman–Crippen MR) is 91.9 cm³/mol. The average molecular weight is 371 g/mol. The molecule has 130 valence electrons. The first-order chi connectivity index (χ1) is 11.4. The number of carbonyl (C=O) groups is 1. The van der Waals surface area contributed by atoms with Crippen LogP contribution >= 0.6 is 11.6 Å². The van der Waals surface area contributed by atoms with Gasteiger partial charge in [0.2, 0.25) is 0 Å². The summed E-state index contributed by atoms with van der Waals surface area (Å²) in [5, 5.41) is 4.06. The summed E-state index contributed by atoms with van der Waals surface area (Å²) in [4.78, 5) is 11.8. The lowest BCUT2D eigenvalue weighted by Crippen LogP contribution is -2.42. The summed E-state index contributed by atoms with van der Waals surface area (Å²) in [7, 11) is -3.86. The lowest BCUT2D eigenvalue weighted by molar-refractivity contribution is 0.0928. The highest BCUT2D eigenvalue weighted by Crippen LogP contribution is 2.38. The molecule has 3 atom stereocenters. The van der Waals surface area contributed by atoms with Gasteiger partial charge in [-0.15, -0.1) is 0 Å². The first kappa shape index (κ1) is 17.3. The minimum atomic E-state index is -3.86. The Hall–Kier alpha value is -1.57. The summed E-state index contributed by atoms with van der Waals surface area (Å²) in [6.45, 7) is 0.417. The molecule has 8 heteroatoms. The fourth-order valence-corrected chi connectivity index (χ4v) is 4.09. The molecule has 2 saturated heterocycles. The number of halogens is 1. The topological polar surface area (TPSA) is 84.5 Å². The molecule has 3 unspecified atom stereocenters. The number of rotatable bonds is 5. The maximum atomic E-state index is 11.9. The van der Waals surface area contributed by atoms with Crippen molar-refractivity contribution in [2.24, 2.45) is 5.92 Å². The highest BCUT2D eigenvalue weighted by atomic mass is 35.5. The van der Waals surface area contributed by atoms with E-state index in [4.69, 9.17) is 16.3 Å². The highest BCUT2D eigenvalue weighted by molar-refractivity contribution is 7.93. The molecular formula is C16H19ClN2O4S. The van der Waals surface area contributed by atoms with Gasteiger partial charge in [0.25, 0.3) is 10.0 Å². The van der Waals surface area contributed by atoms with Crippen molar-refractivity contribution in [1.29, 1.82) is 0 Å². The Morgan fingerprint density at radius 2 is 2.21 bits per heavy atom. The Morgan fingerprint density at radius 3 is 2.88 bits per heavy atom. The van der Waals surface area contributed by atoms with E-state index in [0.717, 1.165) is 24.7 Å². The van der Waals surface area contributed by atoms with Crippen LogP contribution in [0, 0.1) is 5.92 Å². The van der Waals surface area contributed by atoms with Gasteiger partial charge in [-0.2, -0.15) is 0 Å². The molecule has 1 aromatic carbocycles. The Bertz CT molecular complexity index is 750. The molecule has 2 N–H and O–H groups in total. The maximum absolute atomic E-state index is 11.9. The van der Waals surface area contributed by atoms with Gasteiger partial charge in [-0.25, -0.2) is 17.9 Å². The van der Waals surface area contributed by atoms with Crippen molar-refractivity contribution in [2.45, 2.75) is 31.5 Å². The number of sulfonamides is 1. The highest BCUT2D eigenvalue weighted by Gasteiger charge is 2.40. The molecule has 0 saturated carbocycles. The molecule has 24 heavy (non-hydrogen) atoms. The first-order valence-corrected chi connectivity index (χ1v) is 9.73. The molecule has 2 heterocycles. The SMILES string of the molecule is O=C(NCC1CC2CCC1O2)NS(=O)(=O)C=Cc1cccc(Cl)c1. The summed E-state index contributed by atoms with van der Waals surface area (Å²) < 4.78 is 31.5. The van der Waals surface area contributed by atoms with Crippen LogP contribution < -0.4 is 10.0 Å². The van der Waals surface area contributed by atoms with Crippen molar-refractivity contribution in [3.63, 3.8) is 0 Å². The zero-order valence-corrected chi connectivity index (χ0v) is 14.5. The van der Waals surface area contributed by atoms with Crippen LogP contribution in [0.15, 0.2) is 29.7 Å². The molecule has 0 radical (unpaired) electrons. The van der Waals surface area contributed by atoms with Gasteiger partial charge in [0.15, 0.2) is 0 Å². The van der Waals surface area contributed by atoms with E-state index in [-0.39, 0.29) is 12.0 Å². The summed E-state index contributed by atoms with van der Waals surface area (Å²) in [6.07, 6.45) is 4.89. The molecule has 0 spiro atoms. The van der Waals surface area contributed by atoms with E-state index < -0.39 is 16.1 Å². The predicted octanol–water partition coefficient (Wildman–Crippen LogP) is 2.51. The van der Waals surface area contributed by atoms with Crippen molar-refractivity contribution in [2.75, 3.05) is 6.54 Å². The van der Waals surface area contributed by atoms with Crippen LogP contribution in [0.4, 0.5) is 4.79 Å². The molecule has 1 aromatic rings. The number of benzene rings is 1. The van der Waals surface area contributed by atoms with Crippen molar-refractivity contribution < 1.29 is 17.9 Å². The van der Waals surface area contributed by atoms with Gasteiger partial charge in [-0.3, -0.25) is 0 Å². The molecular weight excluding hydrogens is 352 g/mol. The van der Waals surface area contributed by atoms with E-state index in [9.17, 15) is 13.2 Å². The lowest BCUT2D eigenvalue weighted by Gasteiger charge is -2.18. The fourth-order valence-electron chi connectivity index (χ4n) is 3.16. The molecule has 2 aliphatic heterocycles. The van der Waals surface area contributed by atoms with Crippen molar-refractivity contribution >= 4 is 33.7 Å². The minimum absolute atomic E-state index is 0.189. The standard InChI is InChI=1S/C16H19ClN2O4S/c17-13-3-1-2-11(8-13)6-7-24(21,22)19-16(20)18-10-12-9-14-4-5-15(12)23-14/h1-3,6-8,12,14-15H,4-5,9-10H2,(H2,18,19,20). The van der Waals surface area contributed by atoms with Crippen LogP contribution in [0.25, 0.3) is 6.08 Å². The van der Waals surface area contributed by atoms with Crippen LogP contribution in [0.2, 0.25) is 5.02 Å². The molecule has 0 aromatic heterocycles. The second-order valence-electron chi connectivity index (χ2n) is 6.08. The third kappa shape index (κ3) is 4.49. The summed E-state index contributed by atoms with van der Waals surface area (Å²) in [5.41, 5.74) is 0.632. The van der Waals surface area contributed by atoms with Crippen LogP contribution in [0.1, 0.15) is 24.8 Å². The molecule has 2 aliphatic rings. The minimum Gasteiger partial charge on any atom is -0.375 e. The molecule has 2 amide bonds. The van der Waals surface area contributed by atoms with Crippen LogP contribution in [0.3, 0.4) is 0 Å². The number of urea groups is 1. The van der Waals surface area contributed by atoms with E-state index >= 15 is 0 Å². The summed E-state index contributed by atoms with van der Waals surface area (Å²) in [6, 6.07) is 6.02. The molecule has 0 aliphatic carbocycles. The number of nitrogens with one attached hydrogen (secondary N) is 2. The zero-order valence-electron chi connectivity index (χ0n) is 12.9. The van der Waals surface area contributed by atoms with E-state index in [2.05, 4.69) is 5.32 Å². The van der Waals surface area contributed by atoms with Gasteiger partial charge in [0, 0.05) is 17.5 Å². The Morgan fingerprint density at radius 1 is 1.38 bits per heavy atom. The Kier molecular flexibility index (Phi) is 5.12. The monoisotopic (exact) mass is 370 g/mol. The van der Waals surface area contributed by atoms with Crippen molar-refractivity contribution in [1.82, 2.24) is 10.0 Å². The molecule has 3 rings (SSSR count). The van der Waals surface area contributed by atoms with Gasteiger partial charge < -0.3 is 10.1 Å². The van der Waals surface area contributed by atoms with Gasteiger partial charge in [-0.1, -0.05) is 23.7 Å². The number of hydrogen-bond donors (Lipinski definition) is 2. The third-order valence-electron chi connectivity index (χ3n) is 4.28. The second kappa shape index (κ2) is 7.13. The van der Waals surface area contributed by atoms with E-state index in [1.165, 1.54) is 6.08 Å². The Labute approximate surface area is 146 Å². The third-order valence-corrected chi connectivity index (χ3v) is 5.48. The number of ether oxygens (including phenoxy) is 1. The smallest absolute Gasteiger partial charge is 0.328 e. The van der Waals surface area contributed by atoms with Crippen LogP contribution in [-0.4, -0.2) is 33.2 Å². The average Bonchev–Trinajstić information content (AvgIpc) is 3.13. The number of hydrogen-bond acceptors (Lipinski definition) is 4. The van der Waals surface area contributed by atoms with Gasteiger partial charge in [0.05, 0.1) is 17.6 Å². The number of carbonyl (C=O) groups excluding carboxylic acids is 1. The van der Waals surface area contributed by atoms with Crippen molar-refractivity contribution in [3.05, 3.63) is 40.3 Å². The van der Waals surface area contributed by atoms with E-state index in [1.807, 2.05) is 4.72 Å². The van der Waals surface area contributed by atoms with Gasteiger partial charge in [-0.05, 0) is 43.0 Å². The normalized spacial score (nSPS) is 26.0. The van der Waals surface area contributed by atoms with Crippen LogP contribution in [0.5, 0.6) is 0 Å². The quantitative estimate of drug-likeness (QED) is 0.834. The van der Waals surface area contributed by atoms with E-state index in [0.29, 0.717) is 23.2 Å². The Balaban J connectivity index is 1.49. The van der Waals surface area contributed by atoms with Crippen LogP contribution in [-0.2, 0) is 14.8 Å². The first-order valence-electron chi connectivity index (χ1n) is 7.81. The summed E-state index contributed by atoms with van der Waals surface area (Å²) in [5.74, 6) is 0.263. The largest absolute Gasteiger partial charge is 0.375 e. The summed E-state index contributed by atoms with van der Waals surface area (Å²) >= 11 is 5.84.